The molecule has 0 radical (unpaired) electrons. The highest BCUT2D eigenvalue weighted by Crippen LogP contribution is 2.21. The number of ether oxygens (including phenoxy) is 2. The Morgan fingerprint density at radius 3 is 2.35 bits per heavy atom. The Morgan fingerprint density at radius 1 is 0.962 bits per heavy atom. The fraction of sp³-hybridized carbons (Fsp3) is 0.300. The topological polar surface area (TPSA) is 76.7 Å². The minimum Gasteiger partial charge on any atom is -0.497 e. The summed E-state index contributed by atoms with van der Waals surface area (Å²) in [6.45, 7) is 5.40. The van der Waals surface area contributed by atoms with Gasteiger partial charge in [0, 0.05) is 12.1 Å². The van der Waals surface area contributed by atoms with Crippen molar-refractivity contribution >= 4 is 17.5 Å². The van der Waals surface area contributed by atoms with Gasteiger partial charge in [0.05, 0.1) is 18.4 Å². The van der Waals surface area contributed by atoms with Gasteiger partial charge in [-0.1, -0.05) is 18.2 Å². The third kappa shape index (κ3) is 5.24. The highest BCUT2D eigenvalue weighted by molar-refractivity contribution is 6.04. The van der Waals surface area contributed by atoms with Crippen molar-refractivity contribution in [2.75, 3.05) is 12.4 Å². The predicted octanol–water partition coefficient (Wildman–Crippen LogP) is 3.24. The first-order chi connectivity index (χ1) is 12.4. The van der Waals surface area contributed by atoms with Crippen LogP contribution in [0.3, 0.4) is 0 Å². The molecular weight excluding hydrogens is 332 g/mol. The molecule has 0 aliphatic carbocycles. The Hall–Kier alpha value is -3.02. The van der Waals surface area contributed by atoms with Crippen LogP contribution in [-0.4, -0.2) is 31.1 Å². The van der Waals surface area contributed by atoms with Gasteiger partial charge < -0.3 is 20.1 Å². The van der Waals surface area contributed by atoms with Crippen molar-refractivity contribution in [3.63, 3.8) is 0 Å². The van der Waals surface area contributed by atoms with Gasteiger partial charge in [-0.2, -0.15) is 0 Å². The van der Waals surface area contributed by atoms with Crippen LogP contribution >= 0.6 is 0 Å². The van der Waals surface area contributed by atoms with Crippen LogP contribution in [0.15, 0.2) is 48.5 Å². The first-order valence-electron chi connectivity index (χ1n) is 8.42. The van der Waals surface area contributed by atoms with Gasteiger partial charge >= 0.3 is 0 Å². The maximum Gasteiger partial charge on any atom is 0.265 e. The molecule has 0 aliphatic rings. The van der Waals surface area contributed by atoms with E-state index < -0.39 is 6.10 Å². The molecule has 0 heterocycles. The van der Waals surface area contributed by atoms with Crippen LogP contribution in [-0.2, 0) is 4.79 Å². The number of carbonyl (C=O) groups is 2. The molecule has 0 bridgehead atoms. The lowest BCUT2D eigenvalue weighted by molar-refractivity contribution is -0.122. The molecule has 1 atom stereocenters. The fourth-order valence-corrected chi connectivity index (χ4v) is 2.30. The third-order valence-electron chi connectivity index (χ3n) is 3.57. The number of anilines is 1. The second-order valence-corrected chi connectivity index (χ2v) is 6.10. The van der Waals surface area contributed by atoms with Crippen molar-refractivity contribution in [1.29, 1.82) is 0 Å². The van der Waals surface area contributed by atoms with Crippen LogP contribution in [0.2, 0.25) is 0 Å². The van der Waals surface area contributed by atoms with Crippen LogP contribution < -0.4 is 20.1 Å². The summed E-state index contributed by atoms with van der Waals surface area (Å²) in [6, 6.07) is 13.9. The Balaban J connectivity index is 2.08. The maximum absolute atomic E-state index is 12.5. The van der Waals surface area contributed by atoms with Crippen molar-refractivity contribution in [3.8, 4) is 11.5 Å². The normalized spacial score (nSPS) is 11.6. The summed E-state index contributed by atoms with van der Waals surface area (Å²) in [5.74, 6) is 0.582. The monoisotopic (exact) mass is 356 g/mol. The standard InChI is InChI=1S/C20H24N2O4/c1-13(2)21-20(24)17-10-5-6-11-18(17)22-19(23)14(3)26-16-9-7-8-15(12-16)25-4/h5-14H,1-4H3,(H,21,24)(H,22,23)/t14-/m1/s1. The molecule has 0 saturated heterocycles. The molecule has 2 rings (SSSR count). The van der Waals surface area contributed by atoms with E-state index in [1.54, 1.807) is 62.6 Å². The average molecular weight is 356 g/mol. The van der Waals surface area contributed by atoms with E-state index in [4.69, 9.17) is 9.47 Å². The van der Waals surface area contributed by atoms with Gasteiger partial charge in [-0.15, -0.1) is 0 Å². The SMILES string of the molecule is COc1cccc(O[C@H](C)C(=O)Nc2ccccc2C(=O)NC(C)C)c1. The first kappa shape index (κ1) is 19.3. The number of nitrogens with one attached hydrogen (secondary N) is 2. The lowest BCUT2D eigenvalue weighted by Gasteiger charge is -2.17. The summed E-state index contributed by atoms with van der Waals surface area (Å²) < 4.78 is 10.8. The van der Waals surface area contributed by atoms with E-state index in [9.17, 15) is 9.59 Å². The van der Waals surface area contributed by atoms with Crippen LogP contribution in [0, 0.1) is 0 Å². The molecule has 0 saturated carbocycles. The minimum absolute atomic E-state index is 0.00146. The van der Waals surface area contributed by atoms with Gasteiger partial charge in [0.1, 0.15) is 11.5 Å². The molecule has 26 heavy (non-hydrogen) atoms. The van der Waals surface area contributed by atoms with Gasteiger partial charge in [0.2, 0.25) is 0 Å². The van der Waals surface area contributed by atoms with E-state index in [2.05, 4.69) is 10.6 Å². The molecular formula is C20H24N2O4. The Labute approximate surface area is 153 Å². The Morgan fingerprint density at radius 2 is 1.65 bits per heavy atom. The molecule has 0 aromatic heterocycles. The average Bonchev–Trinajstić information content (AvgIpc) is 2.61. The zero-order valence-corrected chi connectivity index (χ0v) is 15.4. The first-order valence-corrected chi connectivity index (χ1v) is 8.42. The molecule has 2 N–H and O–H groups in total. The van der Waals surface area contributed by atoms with Gasteiger partial charge in [0.15, 0.2) is 6.10 Å². The Bertz CT molecular complexity index is 774. The number of benzene rings is 2. The van der Waals surface area contributed by atoms with Crippen molar-refractivity contribution in [3.05, 3.63) is 54.1 Å². The number of para-hydroxylation sites is 1. The second kappa shape index (κ2) is 8.89. The molecule has 0 aliphatic heterocycles. The maximum atomic E-state index is 12.5. The summed E-state index contributed by atoms with van der Waals surface area (Å²) in [5.41, 5.74) is 0.847. The van der Waals surface area contributed by atoms with Crippen molar-refractivity contribution in [1.82, 2.24) is 5.32 Å². The lowest BCUT2D eigenvalue weighted by atomic mass is 10.1. The van der Waals surface area contributed by atoms with Gasteiger partial charge in [-0.3, -0.25) is 9.59 Å². The zero-order valence-electron chi connectivity index (χ0n) is 15.4. The molecule has 2 aromatic carbocycles. The highest BCUT2D eigenvalue weighted by atomic mass is 16.5. The van der Waals surface area contributed by atoms with E-state index in [1.165, 1.54) is 0 Å². The fourth-order valence-electron chi connectivity index (χ4n) is 2.30. The predicted molar refractivity (Wildman–Crippen MR) is 101 cm³/mol. The largest absolute Gasteiger partial charge is 0.497 e. The van der Waals surface area contributed by atoms with Crippen LogP contribution in [0.5, 0.6) is 11.5 Å². The van der Waals surface area contributed by atoms with E-state index in [1.807, 2.05) is 13.8 Å². The molecule has 6 nitrogen and oxygen atoms in total. The summed E-state index contributed by atoms with van der Waals surface area (Å²) in [5, 5.41) is 5.58. The molecule has 0 unspecified atom stereocenters. The third-order valence-corrected chi connectivity index (χ3v) is 3.57. The van der Waals surface area contributed by atoms with Crippen molar-refractivity contribution in [2.24, 2.45) is 0 Å². The molecule has 0 fully saturated rings. The summed E-state index contributed by atoms with van der Waals surface area (Å²) >= 11 is 0. The number of amides is 2. The quantitative estimate of drug-likeness (QED) is 0.798. The lowest BCUT2D eigenvalue weighted by Crippen LogP contribution is -2.33. The number of hydrogen-bond donors (Lipinski definition) is 2. The van der Waals surface area contributed by atoms with Crippen molar-refractivity contribution < 1.29 is 19.1 Å². The van der Waals surface area contributed by atoms with E-state index >= 15 is 0 Å². The van der Waals surface area contributed by atoms with Crippen LogP contribution in [0.4, 0.5) is 5.69 Å². The zero-order chi connectivity index (χ0) is 19.1. The van der Waals surface area contributed by atoms with Crippen LogP contribution in [0.1, 0.15) is 31.1 Å². The highest BCUT2D eigenvalue weighted by Gasteiger charge is 2.19. The number of methoxy groups -OCH3 is 1. The molecule has 2 amide bonds. The van der Waals surface area contributed by atoms with Crippen molar-refractivity contribution in [2.45, 2.75) is 32.9 Å². The Kier molecular flexibility index (Phi) is 6.60. The minimum atomic E-state index is -0.747. The molecule has 138 valence electrons. The van der Waals surface area contributed by atoms with Gasteiger partial charge in [-0.25, -0.2) is 0 Å². The van der Waals surface area contributed by atoms with Gasteiger partial charge in [-0.05, 0) is 45.0 Å². The number of rotatable bonds is 7. The van der Waals surface area contributed by atoms with E-state index in [0.29, 0.717) is 22.7 Å². The van der Waals surface area contributed by atoms with Crippen LogP contribution in [0.25, 0.3) is 0 Å². The summed E-state index contributed by atoms with van der Waals surface area (Å²) in [6.07, 6.45) is -0.747. The second-order valence-electron chi connectivity index (χ2n) is 6.10. The molecule has 6 heteroatoms. The van der Waals surface area contributed by atoms with E-state index in [-0.39, 0.29) is 17.9 Å². The summed E-state index contributed by atoms with van der Waals surface area (Å²) in [4.78, 5) is 24.8. The summed E-state index contributed by atoms with van der Waals surface area (Å²) in [7, 11) is 1.56. The molecule has 0 spiro atoms. The number of hydrogen-bond acceptors (Lipinski definition) is 4. The molecule has 2 aromatic rings. The smallest absolute Gasteiger partial charge is 0.265 e. The van der Waals surface area contributed by atoms with Gasteiger partial charge in [0.25, 0.3) is 11.8 Å². The van der Waals surface area contributed by atoms with E-state index in [0.717, 1.165) is 0 Å². The number of carbonyl (C=O) groups excluding carboxylic acids is 2.